The molecular weight excluding hydrogens is 330 g/mol. The third kappa shape index (κ3) is 2.89. The van der Waals surface area contributed by atoms with Crippen LogP contribution in [0.5, 0.6) is 0 Å². The number of hydrogen-bond donors (Lipinski definition) is 1. The van der Waals surface area contributed by atoms with Gasteiger partial charge in [0.15, 0.2) is 17.5 Å². The van der Waals surface area contributed by atoms with E-state index in [2.05, 4.69) is 27.2 Å². The van der Waals surface area contributed by atoms with Gasteiger partial charge in [0.05, 0.1) is 17.8 Å². The number of carbonyl (C=O) groups excluding carboxylic acids is 1. The van der Waals surface area contributed by atoms with Gasteiger partial charge in [-0.3, -0.25) is 4.79 Å². The largest absolute Gasteiger partial charge is 0.437 e. The van der Waals surface area contributed by atoms with Crippen LogP contribution in [0, 0.1) is 6.92 Å². The molecule has 0 fully saturated rings. The van der Waals surface area contributed by atoms with Gasteiger partial charge < -0.3 is 10.2 Å². The van der Waals surface area contributed by atoms with Crippen LogP contribution in [0.4, 0.5) is 0 Å². The fourth-order valence-electron chi connectivity index (χ4n) is 3.41. The topological polar surface area (TPSA) is 99.8 Å². The maximum Gasteiger partial charge on any atom is 0.225 e. The van der Waals surface area contributed by atoms with E-state index in [1.165, 1.54) is 17.5 Å². The van der Waals surface area contributed by atoms with Gasteiger partial charge in [0.1, 0.15) is 0 Å². The number of benzene rings is 1. The Morgan fingerprint density at radius 3 is 2.81 bits per heavy atom. The van der Waals surface area contributed by atoms with Crippen LogP contribution >= 0.6 is 0 Å². The molecule has 0 radical (unpaired) electrons. The molecule has 4 rings (SSSR count). The molecule has 0 aliphatic heterocycles. The minimum Gasteiger partial charge on any atom is -0.437 e. The second-order valence-electron chi connectivity index (χ2n) is 6.59. The van der Waals surface area contributed by atoms with Crippen molar-refractivity contribution in [3.63, 3.8) is 0 Å². The van der Waals surface area contributed by atoms with Crippen LogP contribution in [0.3, 0.4) is 0 Å². The number of hydrogen-bond acceptors (Lipinski definition) is 5. The molecule has 2 N–H and O–H groups in total. The molecular formula is C19H21N5O2. The highest BCUT2D eigenvalue weighted by Crippen LogP contribution is 2.29. The zero-order valence-electron chi connectivity index (χ0n) is 15.0. The molecule has 3 aromatic rings. The maximum atomic E-state index is 11.3. The molecule has 0 bridgehead atoms. The van der Waals surface area contributed by atoms with Gasteiger partial charge in [-0.15, -0.1) is 0 Å². The molecule has 1 aliphatic rings. The highest BCUT2D eigenvalue weighted by Gasteiger charge is 2.22. The number of aryl methyl sites for hydroxylation is 4. The first-order chi connectivity index (χ1) is 12.5. The van der Waals surface area contributed by atoms with Crippen LogP contribution < -0.4 is 5.73 Å². The highest BCUT2D eigenvalue weighted by atomic mass is 16.4. The van der Waals surface area contributed by atoms with E-state index in [0.717, 1.165) is 24.2 Å². The van der Waals surface area contributed by atoms with Gasteiger partial charge in [-0.25, -0.2) is 14.6 Å². The Morgan fingerprint density at radius 1 is 1.27 bits per heavy atom. The monoisotopic (exact) mass is 351 g/mol. The second kappa shape index (κ2) is 6.40. The van der Waals surface area contributed by atoms with Crippen molar-refractivity contribution in [1.29, 1.82) is 0 Å². The fraction of sp³-hybridized carbons (Fsp3) is 0.368. The zero-order chi connectivity index (χ0) is 18.3. The summed E-state index contributed by atoms with van der Waals surface area (Å²) in [5.41, 5.74) is 9.70. The van der Waals surface area contributed by atoms with Gasteiger partial charge in [0.25, 0.3) is 0 Å². The van der Waals surface area contributed by atoms with Crippen LogP contribution in [-0.2, 0) is 30.5 Å². The van der Waals surface area contributed by atoms with Crippen molar-refractivity contribution in [2.75, 3.05) is 0 Å². The Bertz CT molecular complexity index is 986. The molecule has 1 aliphatic carbocycles. The van der Waals surface area contributed by atoms with E-state index in [4.69, 9.17) is 10.2 Å². The number of fused-ring (bicyclic) bond motifs is 1. The first-order valence-electron chi connectivity index (χ1n) is 8.88. The quantitative estimate of drug-likeness (QED) is 0.760. The van der Waals surface area contributed by atoms with Gasteiger partial charge in [-0.05, 0) is 49.4 Å². The van der Waals surface area contributed by atoms with E-state index in [1.807, 2.05) is 19.9 Å². The van der Waals surface area contributed by atoms with Crippen LogP contribution in [0.25, 0.3) is 17.3 Å². The van der Waals surface area contributed by atoms with E-state index in [-0.39, 0.29) is 6.42 Å². The van der Waals surface area contributed by atoms with E-state index >= 15 is 0 Å². The van der Waals surface area contributed by atoms with Crippen molar-refractivity contribution in [3.8, 4) is 17.3 Å². The second-order valence-corrected chi connectivity index (χ2v) is 6.59. The number of nitrogens with zero attached hydrogens (tertiary/aromatic N) is 4. The predicted molar refractivity (Wildman–Crippen MR) is 95.9 cm³/mol. The minimum absolute atomic E-state index is 0.0151. The van der Waals surface area contributed by atoms with Crippen molar-refractivity contribution >= 4 is 5.91 Å². The summed E-state index contributed by atoms with van der Waals surface area (Å²) in [7, 11) is 0. The van der Waals surface area contributed by atoms with Crippen molar-refractivity contribution in [3.05, 3.63) is 46.7 Å². The molecule has 0 unspecified atom stereocenters. The van der Waals surface area contributed by atoms with Gasteiger partial charge in [-0.1, -0.05) is 13.0 Å². The summed E-state index contributed by atoms with van der Waals surface area (Å²) in [5, 5.41) is 4.52. The summed E-state index contributed by atoms with van der Waals surface area (Å²) in [6.45, 7) is 3.87. The number of amides is 1. The molecule has 7 heteroatoms. The Kier molecular flexibility index (Phi) is 4.06. The molecule has 0 spiro atoms. The van der Waals surface area contributed by atoms with Gasteiger partial charge in [0, 0.05) is 6.42 Å². The van der Waals surface area contributed by atoms with Gasteiger partial charge in [0.2, 0.25) is 11.7 Å². The lowest BCUT2D eigenvalue weighted by molar-refractivity contribution is -0.117. The average Bonchev–Trinajstić information content (AvgIpc) is 3.31. The lowest BCUT2D eigenvalue weighted by atomic mass is 10.1. The van der Waals surface area contributed by atoms with Crippen molar-refractivity contribution in [2.45, 2.75) is 46.0 Å². The molecule has 26 heavy (non-hydrogen) atoms. The van der Waals surface area contributed by atoms with E-state index in [0.29, 0.717) is 29.7 Å². The molecule has 0 saturated heterocycles. The van der Waals surface area contributed by atoms with E-state index < -0.39 is 5.91 Å². The Balaban J connectivity index is 1.85. The van der Waals surface area contributed by atoms with Crippen molar-refractivity contribution in [2.24, 2.45) is 5.73 Å². The number of carbonyl (C=O) groups is 1. The van der Waals surface area contributed by atoms with Crippen molar-refractivity contribution < 1.29 is 9.21 Å². The van der Waals surface area contributed by atoms with Crippen LogP contribution in [0.15, 0.2) is 22.6 Å². The Morgan fingerprint density at radius 2 is 2.08 bits per heavy atom. The normalized spacial score (nSPS) is 13.2. The number of rotatable bonds is 5. The number of nitrogens with two attached hydrogens (primary N) is 1. The molecule has 2 heterocycles. The predicted octanol–water partition coefficient (Wildman–Crippen LogP) is 2.31. The molecule has 2 aromatic heterocycles. The average molecular weight is 351 g/mol. The van der Waals surface area contributed by atoms with Gasteiger partial charge >= 0.3 is 0 Å². The third-order valence-corrected chi connectivity index (χ3v) is 4.66. The van der Waals surface area contributed by atoms with Gasteiger partial charge in [-0.2, -0.15) is 5.10 Å². The first-order valence-corrected chi connectivity index (χ1v) is 8.88. The lowest BCUT2D eigenvalue weighted by Gasteiger charge is -2.07. The third-order valence-electron chi connectivity index (χ3n) is 4.66. The first kappa shape index (κ1) is 16.5. The summed E-state index contributed by atoms with van der Waals surface area (Å²) in [6, 6.07) is 6.31. The standard InChI is InChI=1S/C19H21N5O2/c1-3-17-21-11(2)18(26-17)19-22-16(10-15(20)25)23-24(19)14-8-7-12-5-4-6-13(12)9-14/h7-9H,3-6,10H2,1-2H3,(H2,20,25). The molecule has 134 valence electrons. The molecule has 1 aromatic carbocycles. The van der Waals surface area contributed by atoms with Crippen LogP contribution in [-0.4, -0.2) is 25.7 Å². The van der Waals surface area contributed by atoms with Crippen molar-refractivity contribution in [1.82, 2.24) is 19.7 Å². The molecule has 1 amide bonds. The summed E-state index contributed by atoms with van der Waals surface area (Å²) in [6.07, 6.45) is 4.05. The number of aromatic nitrogens is 4. The number of oxazole rings is 1. The Hall–Kier alpha value is -2.96. The summed E-state index contributed by atoms with van der Waals surface area (Å²) in [4.78, 5) is 20.3. The Labute approximate surface area is 151 Å². The summed E-state index contributed by atoms with van der Waals surface area (Å²) >= 11 is 0. The SMILES string of the molecule is CCc1nc(C)c(-c2nc(CC(N)=O)nn2-c2ccc3c(c2)CCC3)o1. The van der Waals surface area contributed by atoms with Crippen LogP contribution in [0.2, 0.25) is 0 Å². The fourth-order valence-corrected chi connectivity index (χ4v) is 3.41. The highest BCUT2D eigenvalue weighted by molar-refractivity contribution is 5.75. The molecule has 0 atom stereocenters. The lowest BCUT2D eigenvalue weighted by Crippen LogP contribution is -2.14. The summed E-state index contributed by atoms with van der Waals surface area (Å²) < 4.78 is 7.60. The minimum atomic E-state index is -0.466. The smallest absolute Gasteiger partial charge is 0.225 e. The number of primary amides is 1. The molecule has 7 nitrogen and oxygen atoms in total. The maximum absolute atomic E-state index is 11.3. The molecule has 0 saturated carbocycles. The summed E-state index contributed by atoms with van der Waals surface area (Å²) in [5.74, 6) is 1.68. The van der Waals surface area contributed by atoms with E-state index in [1.54, 1.807) is 4.68 Å². The van der Waals surface area contributed by atoms with E-state index in [9.17, 15) is 4.79 Å². The van der Waals surface area contributed by atoms with Crippen LogP contribution in [0.1, 0.15) is 41.9 Å². The zero-order valence-corrected chi connectivity index (χ0v) is 15.0.